The van der Waals surface area contributed by atoms with E-state index in [4.69, 9.17) is 25.8 Å². The number of anilines is 1. The first-order chi connectivity index (χ1) is 17.7. The molecule has 0 aliphatic heterocycles. The van der Waals surface area contributed by atoms with Gasteiger partial charge in [0, 0.05) is 13.2 Å². The van der Waals surface area contributed by atoms with Gasteiger partial charge in [0.05, 0.1) is 33.2 Å². The fourth-order valence-electron chi connectivity index (χ4n) is 2.84. The molecule has 2 aromatic carbocycles. The van der Waals surface area contributed by atoms with Gasteiger partial charge in [-0.3, -0.25) is 14.4 Å². The van der Waals surface area contributed by atoms with Gasteiger partial charge in [-0.25, -0.2) is 5.43 Å². The molecule has 0 saturated carbocycles. The van der Waals surface area contributed by atoms with Crippen LogP contribution in [0.5, 0.6) is 11.5 Å². The molecule has 37 heavy (non-hydrogen) atoms. The summed E-state index contributed by atoms with van der Waals surface area (Å²) >= 11 is 8.12. The lowest BCUT2D eigenvalue weighted by Gasteiger charge is -2.15. The fourth-order valence-corrected chi connectivity index (χ4v) is 3.81. The van der Waals surface area contributed by atoms with Crippen LogP contribution in [0.25, 0.3) is 0 Å². The molecule has 2 aromatic rings. The van der Waals surface area contributed by atoms with Gasteiger partial charge in [0.25, 0.3) is 5.91 Å². The van der Waals surface area contributed by atoms with Crippen molar-refractivity contribution in [3.05, 3.63) is 50.6 Å². The molecule has 3 N–H and O–H groups in total. The van der Waals surface area contributed by atoms with Crippen molar-refractivity contribution >= 4 is 63.8 Å². The maximum absolute atomic E-state index is 12.3. The molecular formula is C25H30ClIN4O6. The lowest BCUT2D eigenvalue weighted by atomic mass is 10.2. The molecule has 0 atom stereocenters. The zero-order valence-electron chi connectivity index (χ0n) is 20.8. The molecule has 0 fully saturated rings. The third kappa shape index (κ3) is 10.9. The van der Waals surface area contributed by atoms with Gasteiger partial charge in [0.1, 0.15) is 0 Å². The Labute approximate surface area is 234 Å². The number of nitrogens with one attached hydrogen (secondary N) is 3. The zero-order chi connectivity index (χ0) is 27.2. The largest absolute Gasteiger partial charge is 0.490 e. The van der Waals surface area contributed by atoms with E-state index in [9.17, 15) is 14.4 Å². The Morgan fingerprint density at radius 2 is 1.89 bits per heavy atom. The third-order valence-corrected chi connectivity index (χ3v) is 5.60. The predicted octanol–water partition coefficient (Wildman–Crippen LogP) is 3.74. The van der Waals surface area contributed by atoms with Crippen LogP contribution < -0.4 is 25.5 Å². The van der Waals surface area contributed by atoms with E-state index in [1.54, 1.807) is 36.4 Å². The van der Waals surface area contributed by atoms with E-state index < -0.39 is 11.8 Å². The molecule has 3 amide bonds. The number of benzene rings is 2. The standard InChI is InChI=1S/C25H30ClIN4O6/c1-4-35-21-13-17(14-29-31-25(34)24(33)28-10-7-11-36-16(2)3)12-19(27)23(21)37-15-22(32)30-20-9-6-5-8-18(20)26/h5-6,8-9,12-14,16H,4,7,10-11,15H2,1-3H3,(H,28,33)(H,30,32)(H,31,34)/b29-14-. The van der Waals surface area contributed by atoms with Gasteiger partial charge in [-0.15, -0.1) is 0 Å². The van der Waals surface area contributed by atoms with Crippen LogP contribution in [0, 0.1) is 3.57 Å². The minimum Gasteiger partial charge on any atom is -0.490 e. The number of rotatable bonds is 13. The van der Waals surface area contributed by atoms with Crippen LogP contribution >= 0.6 is 34.2 Å². The number of amides is 3. The molecule has 0 aliphatic rings. The Balaban J connectivity index is 1.93. The highest BCUT2D eigenvalue weighted by atomic mass is 127. The Hall–Kier alpha value is -2.90. The Kier molecular flexibility index (Phi) is 13.2. The van der Waals surface area contributed by atoms with Gasteiger partial charge in [-0.05, 0) is 79.6 Å². The predicted molar refractivity (Wildman–Crippen MR) is 150 cm³/mol. The van der Waals surface area contributed by atoms with Crippen LogP contribution in [0.3, 0.4) is 0 Å². The molecule has 0 unspecified atom stereocenters. The summed E-state index contributed by atoms with van der Waals surface area (Å²) in [6.45, 7) is 6.56. The summed E-state index contributed by atoms with van der Waals surface area (Å²) in [5, 5.41) is 9.47. The summed E-state index contributed by atoms with van der Waals surface area (Å²) in [4.78, 5) is 36.1. The average Bonchev–Trinajstić information content (AvgIpc) is 2.84. The first-order valence-electron chi connectivity index (χ1n) is 11.6. The summed E-state index contributed by atoms with van der Waals surface area (Å²) in [6.07, 6.45) is 2.08. The molecular weight excluding hydrogens is 615 g/mol. The van der Waals surface area contributed by atoms with Crippen molar-refractivity contribution in [2.24, 2.45) is 5.10 Å². The highest BCUT2D eigenvalue weighted by Crippen LogP contribution is 2.34. The van der Waals surface area contributed by atoms with Gasteiger partial charge in [0.15, 0.2) is 18.1 Å². The molecule has 0 aliphatic carbocycles. The number of hydrogen-bond acceptors (Lipinski definition) is 7. The molecule has 0 bridgehead atoms. The molecule has 12 heteroatoms. The Bertz CT molecular complexity index is 1110. The topological polar surface area (TPSA) is 127 Å². The second kappa shape index (κ2) is 16.0. The van der Waals surface area contributed by atoms with E-state index >= 15 is 0 Å². The van der Waals surface area contributed by atoms with Crippen LogP contribution in [0.15, 0.2) is 41.5 Å². The van der Waals surface area contributed by atoms with Crippen LogP contribution in [-0.2, 0) is 19.1 Å². The van der Waals surface area contributed by atoms with Crippen LogP contribution in [0.2, 0.25) is 5.02 Å². The molecule has 0 aromatic heterocycles. The maximum atomic E-state index is 12.3. The van der Waals surface area contributed by atoms with Crippen molar-refractivity contribution in [3.8, 4) is 11.5 Å². The highest BCUT2D eigenvalue weighted by molar-refractivity contribution is 14.1. The molecule has 0 heterocycles. The first-order valence-corrected chi connectivity index (χ1v) is 13.0. The van der Waals surface area contributed by atoms with E-state index in [-0.39, 0.29) is 18.6 Å². The van der Waals surface area contributed by atoms with Crippen LogP contribution in [-0.4, -0.2) is 56.4 Å². The number of halogens is 2. The van der Waals surface area contributed by atoms with Crippen molar-refractivity contribution in [2.45, 2.75) is 33.3 Å². The van der Waals surface area contributed by atoms with Crippen molar-refractivity contribution in [2.75, 3.05) is 31.7 Å². The van der Waals surface area contributed by atoms with E-state index in [2.05, 4.69) is 21.2 Å². The fraction of sp³-hybridized carbons (Fsp3) is 0.360. The monoisotopic (exact) mass is 644 g/mol. The number of para-hydroxylation sites is 1. The minimum absolute atomic E-state index is 0.110. The second-order valence-electron chi connectivity index (χ2n) is 7.81. The number of hydrogen-bond donors (Lipinski definition) is 3. The Morgan fingerprint density at radius 1 is 1.14 bits per heavy atom. The molecule has 0 spiro atoms. The highest BCUT2D eigenvalue weighted by Gasteiger charge is 2.15. The summed E-state index contributed by atoms with van der Waals surface area (Å²) in [5.74, 6) is -1.27. The SMILES string of the molecule is CCOc1cc(/C=N\NC(=O)C(=O)NCCCOC(C)C)cc(I)c1OCC(=O)Nc1ccccc1Cl. The van der Waals surface area contributed by atoms with Gasteiger partial charge < -0.3 is 24.8 Å². The number of hydrazone groups is 1. The maximum Gasteiger partial charge on any atom is 0.329 e. The van der Waals surface area contributed by atoms with E-state index in [0.717, 1.165) is 0 Å². The second-order valence-corrected chi connectivity index (χ2v) is 9.38. The first kappa shape index (κ1) is 30.3. The van der Waals surface area contributed by atoms with Crippen molar-refractivity contribution in [1.29, 1.82) is 0 Å². The third-order valence-electron chi connectivity index (χ3n) is 4.47. The Morgan fingerprint density at radius 3 is 2.59 bits per heavy atom. The van der Waals surface area contributed by atoms with Crippen LogP contribution in [0.4, 0.5) is 5.69 Å². The minimum atomic E-state index is -0.884. The number of carbonyl (C=O) groups is 3. The number of ether oxygens (including phenoxy) is 3. The molecule has 2 rings (SSSR count). The van der Waals surface area contributed by atoms with Gasteiger partial charge >= 0.3 is 11.8 Å². The van der Waals surface area contributed by atoms with E-state index in [1.165, 1.54) is 6.21 Å². The van der Waals surface area contributed by atoms with Crippen molar-refractivity contribution < 1.29 is 28.6 Å². The molecule has 200 valence electrons. The van der Waals surface area contributed by atoms with Gasteiger partial charge in [-0.2, -0.15) is 5.10 Å². The zero-order valence-corrected chi connectivity index (χ0v) is 23.7. The van der Waals surface area contributed by atoms with Crippen molar-refractivity contribution in [1.82, 2.24) is 10.7 Å². The quantitative estimate of drug-likeness (QED) is 0.100. The molecule has 10 nitrogen and oxygen atoms in total. The normalized spacial score (nSPS) is 10.9. The van der Waals surface area contributed by atoms with Gasteiger partial charge in [-0.1, -0.05) is 23.7 Å². The van der Waals surface area contributed by atoms with Gasteiger partial charge in [0.2, 0.25) is 0 Å². The summed E-state index contributed by atoms with van der Waals surface area (Å²) in [7, 11) is 0. The number of nitrogens with zero attached hydrogens (tertiary/aromatic N) is 1. The average molecular weight is 645 g/mol. The van der Waals surface area contributed by atoms with E-state index in [0.29, 0.717) is 57.5 Å². The van der Waals surface area contributed by atoms with Crippen molar-refractivity contribution in [3.63, 3.8) is 0 Å². The summed E-state index contributed by atoms with van der Waals surface area (Å²) in [5.41, 5.74) is 3.27. The van der Waals surface area contributed by atoms with E-state index in [1.807, 2.05) is 43.4 Å². The summed E-state index contributed by atoms with van der Waals surface area (Å²) < 4.78 is 17.4. The molecule has 0 radical (unpaired) electrons. The lowest BCUT2D eigenvalue weighted by molar-refractivity contribution is -0.139. The number of carbonyl (C=O) groups excluding carboxylic acids is 3. The summed E-state index contributed by atoms with van der Waals surface area (Å²) in [6, 6.07) is 10.3. The smallest absolute Gasteiger partial charge is 0.329 e. The van der Waals surface area contributed by atoms with Crippen LogP contribution in [0.1, 0.15) is 32.8 Å². The lowest BCUT2D eigenvalue weighted by Crippen LogP contribution is -2.38. The molecule has 0 saturated heterocycles.